The number of halogens is 1. The number of hydrazine groups is 1. The molecule has 0 atom stereocenters. The van der Waals surface area contributed by atoms with E-state index in [-0.39, 0.29) is 18.2 Å². The zero-order chi connectivity index (χ0) is 22.0. The number of rotatable bonds is 5. The summed E-state index contributed by atoms with van der Waals surface area (Å²) in [6, 6.07) is 15.0. The van der Waals surface area contributed by atoms with E-state index in [0.29, 0.717) is 10.6 Å². The van der Waals surface area contributed by atoms with Crippen molar-refractivity contribution in [2.75, 3.05) is 0 Å². The highest BCUT2D eigenvalue weighted by Crippen LogP contribution is 2.24. The maximum absolute atomic E-state index is 12.8. The molecular formula is C23H22ClN5O2. The van der Waals surface area contributed by atoms with Crippen molar-refractivity contribution in [1.82, 2.24) is 25.6 Å². The molecule has 0 bridgehead atoms. The molecule has 158 valence electrons. The molecule has 0 fully saturated rings. The minimum absolute atomic E-state index is 0.0177. The van der Waals surface area contributed by atoms with Gasteiger partial charge in [0.25, 0.3) is 5.91 Å². The second-order valence-electron chi connectivity index (χ2n) is 7.53. The second-order valence-corrected chi connectivity index (χ2v) is 7.96. The number of carbonyl (C=O) groups excluding carboxylic acids is 2. The van der Waals surface area contributed by atoms with E-state index in [9.17, 15) is 9.59 Å². The molecule has 0 aliphatic carbocycles. The lowest BCUT2D eigenvalue weighted by Gasteiger charge is -2.13. The van der Waals surface area contributed by atoms with Gasteiger partial charge in [0.15, 0.2) is 0 Å². The van der Waals surface area contributed by atoms with E-state index in [0.717, 1.165) is 27.8 Å². The summed E-state index contributed by atoms with van der Waals surface area (Å²) in [4.78, 5) is 28.3. The lowest BCUT2D eigenvalue weighted by atomic mass is 10.1. The third kappa shape index (κ3) is 4.32. The van der Waals surface area contributed by atoms with Gasteiger partial charge < -0.3 is 4.98 Å². The van der Waals surface area contributed by atoms with Crippen LogP contribution >= 0.6 is 11.6 Å². The molecule has 0 saturated carbocycles. The van der Waals surface area contributed by atoms with Gasteiger partial charge in [0.05, 0.1) is 29.6 Å². The number of hydrogen-bond donors (Lipinski definition) is 3. The van der Waals surface area contributed by atoms with E-state index >= 15 is 0 Å². The Hall–Kier alpha value is -3.58. The lowest BCUT2D eigenvalue weighted by Crippen LogP contribution is -2.42. The Labute approximate surface area is 184 Å². The van der Waals surface area contributed by atoms with Crippen LogP contribution in [-0.2, 0) is 11.2 Å². The Morgan fingerprint density at radius 2 is 1.94 bits per heavy atom. The van der Waals surface area contributed by atoms with Crippen molar-refractivity contribution >= 4 is 34.3 Å². The molecule has 0 radical (unpaired) electrons. The molecule has 2 heterocycles. The molecule has 0 spiro atoms. The predicted octanol–water partition coefficient (Wildman–Crippen LogP) is 4.13. The van der Waals surface area contributed by atoms with Crippen molar-refractivity contribution in [3.8, 4) is 5.69 Å². The Morgan fingerprint density at radius 3 is 2.71 bits per heavy atom. The molecule has 4 rings (SSSR count). The average Bonchev–Trinajstić information content (AvgIpc) is 3.37. The van der Waals surface area contributed by atoms with Gasteiger partial charge in [-0.3, -0.25) is 20.4 Å². The third-order valence-electron chi connectivity index (χ3n) is 4.99. The zero-order valence-corrected chi connectivity index (χ0v) is 17.9. The number of benzene rings is 2. The first-order valence-corrected chi connectivity index (χ1v) is 10.3. The van der Waals surface area contributed by atoms with E-state index < -0.39 is 5.91 Å². The monoisotopic (exact) mass is 435 g/mol. The van der Waals surface area contributed by atoms with Gasteiger partial charge in [-0.15, -0.1) is 0 Å². The molecule has 4 aromatic rings. The molecule has 0 aliphatic heterocycles. The Morgan fingerprint density at radius 1 is 1.13 bits per heavy atom. The van der Waals surface area contributed by atoms with Gasteiger partial charge >= 0.3 is 0 Å². The number of aromatic nitrogens is 3. The number of para-hydroxylation sites is 1. The van der Waals surface area contributed by atoms with E-state index in [1.54, 1.807) is 23.0 Å². The van der Waals surface area contributed by atoms with Gasteiger partial charge in [0.1, 0.15) is 0 Å². The number of H-pyrrole nitrogens is 1. The highest BCUT2D eigenvalue weighted by atomic mass is 35.5. The fraction of sp³-hybridized carbons (Fsp3) is 0.174. The molecule has 0 saturated heterocycles. The first-order chi connectivity index (χ1) is 14.9. The number of nitrogens with one attached hydrogen (secondary N) is 3. The largest absolute Gasteiger partial charge is 0.361 e. The van der Waals surface area contributed by atoms with E-state index in [1.807, 2.05) is 50.2 Å². The normalized spacial score (nSPS) is 11.1. The topological polar surface area (TPSA) is 91.8 Å². The minimum Gasteiger partial charge on any atom is -0.361 e. The van der Waals surface area contributed by atoms with Crippen LogP contribution in [0.2, 0.25) is 5.02 Å². The smallest absolute Gasteiger partial charge is 0.273 e. The summed E-state index contributed by atoms with van der Waals surface area (Å²) in [5.41, 5.74) is 8.70. The molecule has 7 nitrogen and oxygen atoms in total. The Kier molecular flexibility index (Phi) is 5.77. The van der Waals surface area contributed by atoms with Gasteiger partial charge in [-0.25, -0.2) is 4.68 Å². The van der Waals surface area contributed by atoms with Crippen LogP contribution in [0, 0.1) is 0 Å². The summed E-state index contributed by atoms with van der Waals surface area (Å²) in [5, 5.41) is 5.93. The number of amides is 2. The summed E-state index contributed by atoms with van der Waals surface area (Å²) in [5.74, 6) is -0.722. The highest BCUT2D eigenvalue weighted by Gasteiger charge is 2.21. The maximum atomic E-state index is 12.8. The summed E-state index contributed by atoms with van der Waals surface area (Å²) in [7, 11) is 0. The Balaban J connectivity index is 1.48. The number of hydrogen-bond acceptors (Lipinski definition) is 3. The molecule has 3 N–H and O–H groups in total. The van der Waals surface area contributed by atoms with Crippen LogP contribution in [0.1, 0.15) is 41.4 Å². The second kappa shape index (κ2) is 8.65. The van der Waals surface area contributed by atoms with Crippen LogP contribution in [0.5, 0.6) is 0 Å². The molecule has 31 heavy (non-hydrogen) atoms. The number of aromatic amines is 1. The maximum Gasteiger partial charge on any atom is 0.273 e. The zero-order valence-electron chi connectivity index (χ0n) is 17.1. The van der Waals surface area contributed by atoms with Crippen molar-refractivity contribution in [2.24, 2.45) is 0 Å². The van der Waals surface area contributed by atoms with Crippen LogP contribution in [0.4, 0.5) is 0 Å². The number of nitrogens with zero attached hydrogens (tertiary/aromatic N) is 2. The predicted molar refractivity (Wildman–Crippen MR) is 120 cm³/mol. The van der Waals surface area contributed by atoms with Gasteiger partial charge in [-0.1, -0.05) is 49.7 Å². The first-order valence-electron chi connectivity index (χ1n) is 9.92. The number of fused-ring (bicyclic) bond motifs is 1. The molecule has 2 amide bonds. The first kappa shape index (κ1) is 20.7. The molecule has 0 unspecified atom stereocenters. The van der Waals surface area contributed by atoms with Gasteiger partial charge in [-0.2, -0.15) is 5.10 Å². The molecule has 0 aliphatic rings. The van der Waals surface area contributed by atoms with Crippen molar-refractivity contribution in [1.29, 1.82) is 0 Å². The quantitative estimate of drug-likeness (QED) is 0.411. The molecule has 2 aromatic carbocycles. The van der Waals surface area contributed by atoms with Crippen LogP contribution in [0.15, 0.2) is 60.9 Å². The minimum atomic E-state index is -0.427. The van der Waals surface area contributed by atoms with Crippen LogP contribution in [-0.4, -0.2) is 26.6 Å². The summed E-state index contributed by atoms with van der Waals surface area (Å²) in [6.45, 7) is 3.95. The van der Waals surface area contributed by atoms with Gasteiger partial charge in [0.2, 0.25) is 5.91 Å². The van der Waals surface area contributed by atoms with E-state index in [1.165, 1.54) is 6.20 Å². The fourth-order valence-corrected chi connectivity index (χ4v) is 3.78. The van der Waals surface area contributed by atoms with E-state index in [2.05, 4.69) is 20.9 Å². The van der Waals surface area contributed by atoms with Crippen LogP contribution in [0.25, 0.3) is 16.6 Å². The van der Waals surface area contributed by atoms with Crippen molar-refractivity contribution < 1.29 is 9.59 Å². The molecular weight excluding hydrogens is 414 g/mol. The van der Waals surface area contributed by atoms with E-state index in [4.69, 9.17) is 11.6 Å². The van der Waals surface area contributed by atoms with Crippen LogP contribution < -0.4 is 10.9 Å². The Bertz CT molecular complexity index is 1260. The fourth-order valence-electron chi connectivity index (χ4n) is 3.59. The third-order valence-corrected chi connectivity index (χ3v) is 5.23. The van der Waals surface area contributed by atoms with Crippen molar-refractivity contribution in [3.63, 3.8) is 0 Å². The van der Waals surface area contributed by atoms with Crippen molar-refractivity contribution in [3.05, 3.63) is 82.8 Å². The number of carbonyl (C=O) groups is 2. The summed E-state index contributed by atoms with van der Waals surface area (Å²) in [6.07, 6.45) is 3.44. The average molecular weight is 436 g/mol. The summed E-state index contributed by atoms with van der Waals surface area (Å²) >= 11 is 6.11. The standard InChI is InChI=1S/C23H22ClN5O2/c1-14(2)22-19(13-26-29(22)17-7-5-6-16(24)11-17)23(31)28-27-21(30)10-15-12-25-20-9-4-3-8-18(15)20/h3-9,11-14,25H,10H2,1-2H3,(H,27,30)(H,28,31). The lowest BCUT2D eigenvalue weighted by molar-refractivity contribution is -0.121. The SMILES string of the molecule is CC(C)c1c(C(=O)NNC(=O)Cc2c[nH]c3ccccc23)cnn1-c1cccc(Cl)c1. The van der Waals surface area contributed by atoms with Crippen LogP contribution in [0.3, 0.4) is 0 Å². The molecule has 2 aromatic heterocycles. The molecule has 8 heteroatoms. The summed E-state index contributed by atoms with van der Waals surface area (Å²) < 4.78 is 1.69. The van der Waals surface area contributed by atoms with Gasteiger partial charge in [0, 0.05) is 22.1 Å². The van der Waals surface area contributed by atoms with Gasteiger partial charge in [-0.05, 0) is 35.7 Å². The highest BCUT2D eigenvalue weighted by molar-refractivity contribution is 6.30. The van der Waals surface area contributed by atoms with Crippen molar-refractivity contribution in [2.45, 2.75) is 26.2 Å².